The van der Waals surface area contributed by atoms with Crippen LogP contribution in [-0.4, -0.2) is 43.5 Å². The second-order valence-corrected chi connectivity index (χ2v) is 6.62. The number of amides is 2. The van der Waals surface area contributed by atoms with Crippen LogP contribution >= 0.6 is 0 Å². The number of benzene rings is 1. The highest BCUT2D eigenvalue weighted by Crippen LogP contribution is 2.32. The smallest absolute Gasteiger partial charge is 0.229 e. The summed E-state index contributed by atoms with van der Waals surface area (Å²) in [5.74, 6) is 1.62. The van der Waals surface area contributed by atoms with E-state index in [4.69, 9.17) is 15.2 Å². The number of likely N-dealkylation sites (tertiary alicyclic amines) is 1. The topological polar surface area (TPSA) is 81.9 Å². The van der Waals surface area contributed by atoms with E-state index in [-0.39, 0.29) is 17.7 Å². The SMILES string of the molecule is COc1ccc2c(c1)OC[C@H](C(=O)N1CCC(CC(N)=O)CC1)C2. The predicted molar refractivity (Wildman–Crippen MR) is 88.8 cm³/mol. The lowest BCUT2D eigenvalue weighted by Gasteiger charge is -2.35. The van der Waals surface area contributed by atoms with Gasteiger partial charge in [0.2, 0.25) is 11.8 Å². The van der Waals surface area contributed by atoms with Crippen molar-refractivity contribution in [2.75, 3.05) is 26.8 Å². The van der Waals surface area contributed by atoms with Crippen molar-refractivity contribution < 1.29 is 19.1 Å². The third-order valence-corrected chi connectivity index (χ3v) is 4.95. The zero-order chi connectivity index (χ0) is 17.1. The summed E-state index contributed by atoms with van der Waals surface area (Å²) < 4.78 is 11.0. The van der Waals surface area contributed by atoms with Crippen molar-refractivity contribution in [3.05, 3.63) is 23.8 Å². The van der Waals surface area contributed by atoms with Gasteiger partial charge in [0.05, 0.1) is 13.0 Å². The number of primary amides is 1. The molecular formula is C18H24N2O4. The van der Waals surface area contributed by atoms with E-state index in [1.54, 1.807) is 7.11 Å². The Labute approximate surface area is 141 Å². The number of nitrogens with zero attached hydrogens (tertiary/aromatic N) is 1. The molecule has 0 spiro atoms. The molecule has 1 fully saturated rings. The maximum absolute atomic E-state index is 12.7. The van der Waals surface area contributed by atoms with E-state index in [0.29, 0.717) is 38.5 Å². The van der Waals surface area contributed by atoms with Gasteiger partial charge in [-0.1, -0.05) is 6.07 Å². The fraction of sp³-hybridized carbons (Fsp3) is 0.556. The van der Waals surface area contributed by atoms with Crippen molar-refractivity contribution in [3.8, 4) is 11.5 Å². The Bertz CT molecular complexity index is 623. The van der Waals surface area contributed by atoms with Gasteiger partial charge in [-0.3, -0.25) is 9.59 Å². The number of carbonyl (C=O) groups excluding carboxylic acids is 2. The molecule has 1 atom stereocenters. The highest BCUT2D eigenvalue weighted by atomic mass is 16.5. The molecule has 1 saturated heterocycles. The van der Waals surface area contributed by atoms with Gasteiger partial charge in [-0.2, -0.15) is 0 Å². The molecule has 3 rings (SSSR count). The van der Waals surface area contributed by atoms with Gasteiger partial charge in [0.1, 0.15) is 18.1 Å². The van der Waals surface area contributed by atoms with Gasteiger partial charge < -0.3 is 20.1 Å². The zero-order valence-electron chi connectivity index (χ0n) is 14.0. The zero-order valence-corrected chi connectivity index (χ0v) is 14.0. The lowest BCUT2D eigenvalue weighted by Crippen LogP contribution is -2.45. The standard InChI is InChI=1S/C18H24N2O4/c1-23-15-3-2-13-9-14(11-24-16(13)10-15)18(22)20-6-4-12(5-7-20)8-17(19)21/h2-3,10,12,14H,4-9,11H2,1H3,(H2,19,21)/t14-/m1/s1. The van der Waals surface area contributed by atoms with Crippen LogP contribution in [-0.2, 0) is 16.0 Å². The number of ether oxygens (including phenoxy) is 2. The molecule has 0 aromatic heterocycles. The summed E-state index contributed by atoms with van der Waals surface area (Å²) in [5.41, 5.74) is 6.30. The minimum absolute atomic E-state index is 0.140. The molecule has 24 heavy (non-hydrogen) atoms. The van der Waals surface area contributed by atoms with Gasteiger partial charge in [-0.25, -0.2) is 0 Å². The Balaban J connectivity index is 1.58. The second kappa shape index (κ2) is 7.11. The van der Waals surface area contributed by atoms with E-state index in [1.165, 1.54) is 0 Å². The highest BCUT2D eigenvalue weighted by Gasteiger charge is 2.32. The molecule has 2 N–H and O–H groups in total. The number of nitrogens with two attached hydrogens (primary N) is 1. The Morgan fingerprint density at radius 1 is 1.33 bits per heavy atom. The molecule has 0 aliphatic carbocycles. The molecule has 2 amide bonds. The van der Waals surface area contributed by atoms with Crippen LogP contribution in [0.4, 0.5) is 0 Å². The third-order valence-electron chi connectivity index (χ3n) is 4.95. The molecule has 2 aliphatic rings. The Morgan fingerprint density at radius 2 is 2.08 bits per heavy atom. The van der Waals surface area contributed by atoms with Crippen molar-refractivity contribution >= 4 is 11.8 Å². The van der Waals surface area contributed by atoms with Crippen molar-refractivity contribution in [2.45, 2.75) is 25.7 Å². The van der Waals surface area contributed by atoms with Crippen LogP contribution in [0.25, 0.3) is 0 Å². The Hall–Kier alpha value is -2.24. The van der Waals surface area contributed by atoms with Gasteiger partial charge in [0.15, 0.2) is 0 Å². The molecule has 0 unspecified atom stereocenters. The average Bonchev–Trinajstić information content (AvgIpc) is 2.60. The molecule has 130 valence electrons. The minimum Gasteiger partial charge on any atom is -0.497 e. The number of hydrogen-bond donors (Lipinski definition) is 1. The first-order chi connectivity index (χ1) is 11.6. The van der Waals surface area contributed by atoms with Crippen LogP contribution in [0.2, 0.25) is 0 Å². The quantitative estimate of drug-likeness (QED) is 0.902. The number of methoxy groups -OCH3 is 1. The monoisotopic (exact) mass is 332 g/mol. The first kappa shape index (κ1) is 16.6. The number of carbonyl (C=O) groups is 2. The van der Waals surface area contributed by atoms with E-state index >= 15 is 0 Å². The van der Waals surface area contributed by atoms with E-state index in [9.17, 15) is 9.59 Å². The average molecular weight is 332 g/mol. The van der Waals surface area contributed by atoms with Crippen LogP contribution in [0.1, 0.15) is 24.8 Å². The molecule has 0 radical (unpaired) electrons. The van der Waals surface area contributed by atoms with Gasteiger partial charge in [-0.15, -0.1) is 0 Å². The van der Waals surface area contributed by atoms with Gasteiger partial charge in [0.25, 0.3) is 0 Å². The minimum atomic E-state index is -0.257. The maximum Gasteiger partial charge on any atom is 0.229 e. The van der Waals surface area contributed by atoms with Crippen LogP contribution in [0.15, 0.2) is 18.2 Å². The van der Waals surface area contributed by atoms with Crippen molar-refractivity contribution in [2.24, 2.45) is 17.6 Å². The number of rotatable bonds is 4. The number of hydrogen-bond acceptors (Lipinski definition) is 4. The molecule has 6 heteroatoms. The number of fused-ring (bicyclic) bond motifs is 1. The summed E-state index contributed by atoms with van der Waals surface area (Å²) in [7, 11) is 1.62. The summed E-state index contributed by atoms with van der Waals surface area (Å²) in [5, 5.41) is 0. The van der Waals surface area contributed by atoms with Gasteiger partial charge in [0, 0.05) is 25.6 Å². The third kappa shape index (κ3) is 3.63. The van der Waals surface area contributed by atoms with E-state index in [0.717, 1.165) is 29.9 Å². The van der Waals surface area contributed by atoms with Crippen molar-refractivity contribution in [3.63, 3.8) is 0 Å². The van der Waals surface area contributed by atoms with Crippen molar-refractivity contribution in [1.29, 1.82) is 0 Å². The fourth-order valence-electron chi connectivity index (χ4n) is 3.54. The lowest BCUT2D eigenvalue weighted by molar-refractivity contribution is -0.138. The Kier molecular flexibility index (Phi) is 4.92. The highest BCUT2D eigenvalue weighted by molar-refractivity contribution is 5.80. The lowest BCUT2D eigenvalue weighted by atomic mass is 9.91. The second-order valence-electron chi connectivity index (χ2n) is 6.62. The van der Waals surface area contributed by atoms with E-state index < -0.39 is 0 Å². The van der Waals surface area contributed by atoms with Crippen molar-refractivity contribution in [1.82, 2.24) is 4.90 Å². The van der Waals surface area contributed by atoms with Gasteiger partial charge in [-0.05, 0) is 36.8 Å². The first-order valence-corrected chi connectivity index (χ1v) is 8.43. The fourth-order valence-corrected chi connectivity index (χ4v) is 3.54. The van der Waals surface area contributed by atoms with E-state index in [2.05, 4.69) is 0 Å². The predicted octanol–water partition coefficient (Wildman–Crippen LogP) is 1.36. The van der Waals surface area contributed by atoms with Crippen LogP contribution < -0.4 is 15.2 Å². The summed E-state index contributed by atoms with van der Waals surface area (Å²) >= 11 is 0. The van der Waals surface area contributed by atoms with Crippen LogP contribution in [0.3, 0.4) is 0 Å². The molecule has 2 aliphatic heterocycles. The normalized spacial score (nSPS) is 20.9. The van der Waals surface area contributed by atoms with Crippen LogP contribution in [0, 0.1) is 11.8 Å². The maximum atomic E-state index is 12.7. The Morgan fingerprint density at radius 3 is 2.75 bits per heavy atom. The van der Waals surface area contributed by atoms with Crippen LogP contribution in [0.5, 0.6) is 11.5 Å². The largest absolute Gasteiger partial charge is 0.497 e. The molecule has 1 aromatic rings. The van der Waals surface area contributed by atoms with E-state index in [1.807, 2.05) is 23.1 Å². The van der Waals surface area contributed by atoms with Gasteiger partial charge >= 0.3 is 0 Å². The molecule has 6 nitrogen and oxygen atoms in total. The molecule has 0 saturated carbocycles. The summed E-state index contributed by atoms with van der Waals surface area (Å²) in [6, 6.07) is 5.72. The first-order valence-electron chi connectivity index (χ1n) is 8.43. The molecule has 2 heterocycles. The molecule has 0 bridgehead atoms. The summed E-state index contributed by atoms with van der Waals surface area (Å²) in [6.45, 7) is 1.80. The summed E-state index contributed by atoms with van der Waals surface area (Å²) in [4.78, 5) is 25.7. The summed E-state index contributed by atoms with van der Waals surface area (Å²) in [6.07, 6.45) is 2.80. The molecule has 1 aromatic carbocycles. The number of piperidine rings is 1. The molecular weight excluding hydrogens is 308 g/mol.